The molecule has 0 spiro atoms. The fourth-order valence-corrected chi connectivity index (χ4v) is 2.07. The maximum absolute atomic E-state index is 5.95. The molecule has 0 saturated heterocycles. The van der Waals surface area contributed by atoms with E-state index in [0.717, 1.165) is 22.5 Å². The molecule has 2 aromatic carbocycles. The lowest BCUT2D eigenvalue weighted by atomic mass is 10.1. The van der Waals surface area contributed by atoms with E-state index in [0.29, 0.717) is 10.0 Å². The predicted octanol–water partition coefficient (Wildman–Crippen LogP) is 4.03. The average molecular weight is 277 g/mol. The summed E-state index contributed by atoms with van der Waals surface area (Å²) in [5.41, 5.74) is 9.48. The van der Waals surface area contributed by atoms with Crippen LogP contribution < -0.4 is 11.1 Å². The largest absolute Gasteiger partial charge is 0.389 e. The minimum Gasteiger partial charge on any atom is -0.389 e. The molecule has 0 aliphatic carbocycles. The minimum atomic E-state index is 0.375. The van der Waals surface area contributed by atoms with Crippen molar-refractivity contribution >= 4 is 40.2 Å². The summed E-state index contributed by atoms with van der Waals surface area (Å²) in [5, 5.41) is 3.97. The quantitative estimate of drug-likeness (QED) is 0.832. The number of rotatable bonds is 3. The molecule has 0 aromatic heterocycles. The summed E-state index contributed by atoms with van der Waals surface area (Å²) >= 11 is 11.0. The smallest absolute Gasteiger partial charge is 0.106 e. The fraction of sp³-hybridized carbons (Fsp3) is 0.0714. The lowest BCUT2D eigenvalue weighted by Crippen LogP contribution is -2.12. The minimum absolute atomic E-state index is 0.375. The molecular formula is C14H13ClN2S. The second kappa shape index (κ2) is 5.38. The van der Waals surface area contributed by atoms with Gasteiger partial charge in [0.1, 0.15) is 4.99 Å². The zero-order chi connectivity index (χ0) is 13.1. The zero-order valence-electron chi connectivity index (χ0n) is 9.91. The van der Waals surface area contributed by atoms with Crippen molar-refractivity contribution in [2.24, 2.45) is 5.73 Å². The van der Waals surface area contributed by atoms with Crippen LogP contribution in [0.25, 0.3) is 0 Å². The number of nitrogens with one attached hydrogen (secondary N) is 1. The second-order valence-corrected chi connectivity index (χ2v) is 4.92. The summed E-state index contributed by atoms with van der Waals surface area (Å²) < 4.78 is 0. The molecule has 2 nitrogen and oxygen atoms in total. The molecule has 2 rings (SSSR count). The molecule has 92 valence electrons. The van der Waals surface area contributed by atoms with Gasteiger partial charge in [0.05, 0.1) is 0 Å². The maximum Gasteiger partial charge on any atom is 0.106 e. The van der Waals surface area contributed by atoms with Crippen molar-refractivity contribution < 1.29 is 0 Å². The van der Waals surface area contributed by atoms with Crippen molar-refractivity contribution in [1.29, 1.82) is 0 Å². The van der Waals surface area contributed by atoms with Crippen molar-refractivity contribution in [2.45, 2.75) is 6.92 Å². The number of benzene rings is 2. The fourth-order valence-electron chi connectivity index (χ4n) is 1.70. The number of hydrogen-bond donors (Lipinski definition) is 2. The lowest BCUT2D eigenvalue weighted by Gasteiger charge is -2.12. The molecule has 4 heteroatoms. The highest BCUT2D eigenvalue weighted by Gasteiger charge is 2.06. The van der Waals surface area contributed by atoms with E-state index in [1.807, 2.05) is 49.4 Å². The standard InChI is InChI=1S/C14H13ClN2S/c1-9-5-6-12(14(16)18)13(7-9)17-11-4-2-3-10(15)8-11/h2-8,17H,1H3,(H2,16,18). The molecule has 3 N–H and O–H groups in total. The Bertz CT molecular complexity index is 596. The molecule has 18 heavy (non-hydrogen) atoms. The molecule has 0 aliphatic heterocycles. The van der Waals surface area contributed by atoms with E-state index in [-0.39, 0.29) is 0 Å². The van der Waals surface area contributed by atoms with Crippen LogP contribution in [0.1, 0.15) is 11.1 Å². The van der Waals surface area contributed by atoms with E-state index in [1.54, 1.807) is 0 Å². The number of nitrogens with two attached hydrogens (primary N) is 1. The van der Waals surface area contributed by atoms with E-state index in [4.69, 9.17) is 29.6 Å². The van der Waals surface area contributed by atoms with Gasteiger partial charge in [-0.15, -0.1) is 0 Å². The Hall–Kier alpha value is -1.58. The molecule has 0 atom stereocenters. The van der Waals surface area contributed by atoms with Crippen LogP contribution in [0, 0.1) is 6.92 Å². The summed E-state index contributed by atoms with van der Waals surface area (Å²) in [4.78, 5) is 0.375. The highest BCUT2D eigenvalue weighted by molar-refractivity contribution is 7.80. The van der Waals surface area contributed by atoms with E-state index < -0.39 is 0 Å². The lowest BCUT2D eigenvalue weighted by molar-refractivity contribution is 1.43. The number of hydrogen-bond acceptors (Lipinski definition) is 2. The van der Waals surface area contributed by atoms with Gasteiger partial charge in [0.15, 0.2) is 0 Å². The van der Waals surface area contributed by atoms with Crippen molar-refractivity contribution in [2.75, 3.05) is 5.32 Å². The van der Waals surface area contributed by atoms with Gasteiger partial charge in [0.25, 0.3) is 0 Å². The van der Waals surface area contributed by atoms with Crippen LogP contribution in [0.15, 0.2) is 42.5 Å². The Morgan fingerprint density at radius 1 is 1.22 bits per heavy atom. The van der Waals surface area contributed by atoms with Crippen LogP contribution in [0.3, 0.4) is 0 Å². The first kappa shape index (κ1) is 12.9. The van der Waals surface area contributed by atoms with Crippen LogP contribution in [-0.2, 0) is 0 Å². The van der Waals surface area contributed by atoms with E-state index in [2.05, 4.69) is 5.32 Å². The second-order valence-electron chi connectivity index (χ2n) is 4.05. The van der Waals surface area contributed by atoms with Crippen molar-refractivity contribution in [3.63, 3.8) is 0 Å². The summed E-state index contributed by atoms with van der Waals surface area (Å²) in [6.45, 7) is 2.02. The Kier molecular flexibility index (Phi) is 3.84. The van der Waals surface area contributed by atoms with Gasteiger partial charge in [-0.1, -0.05) is 36.0 Å². The normalized spacial score (nSPS) is 10.1. The van der Waals surface area contributed by atoms with Crippen LogP contribution in [0.5, 0.6) is 0 Å². The SMILES string of the molecule is Cc1ccc(C(N)=S)c(Nc2cccc(Cl)c2)c1. The predicted molar refractivity (Wildman–Crippen MR) is 81.8 cm³/mol. The van der Waals surface area contributed by atoms with Crippen LogP contribution in [0.4, 0.5) is 11.4 Å². The Balaban J connectivity index is 2.39. The van der Waals surface area contributed by atoms with Crippen LogP contribution in [0.2, 0.25) is 5.02 Å². The Morgan fingerprint density at radius 3 is 2.67 bits per heavy atom. The first-order chi connectivity index (χ1) is 8.56. The van der Waals surface area contributed by atoms with Gasteiger partial charge in [0, 0.05) is 22.0 Å². The monoisotopic (exact) mass is 276 g/mol. The highest BCUT2D eigenvalue weighted by atomic mass is 35.5. The molecule has 0 saturated carbocycles. The van der Waals surface area contributed by atoms with Gasteiger partial charge in [-0.2, -0.15) is 0 Å². The van der Waals surface area contributed by atoms with Gasteiger partial charge in [-0.3, -0.25) is 0 Å². The highest BCUT2D eigenvalue weighted by Crippen LogP contribution is 2.24. The average Bonchev–Trinajstić information content (AvgIpc) is 2.28. The summed E-state index contributed by atoms with van der Waals surface area (Å²) in [5.74, 6) is 0. The topological polar surface area (TPSA) is 38.0 Å². The van der Waals surface area contributed by atoms with Crippen molar-refractivity contribution in [3.8, 4) is 0 Å². The molecule has 0 amide bonds. The molecule has 0 radical (unpaired) electrons. The van der Waals surface area contributed by atoms with Gasteiger partial charge >= 0.3 is 0 Å². The zero-order valence-corrected chi connectivity index (χ0v) is 11.5. The van der Waals surface area contributed by atoms with Crippen molar-refractivity contribution in [1.82, 2.24) is 0 Å². The third kappa shape index (κ3) is 3.00. The van der Waals surface area contributed by atoms with Gasteiger partial charge in [0.2, 0.25) is 0 Å². The van der Waals surface area contributed by atoms with Crippen LogP contribution >= 0.6 is 23.8 Å². The molecular weight excluding hydrogens is 264 g/mol. The molecule has 0 bridgehead atoms. The number of thiocarbonyl (C=S) groups is 1. The molecule has 0 unspecified atom stereocenters. The van der Waals surface area contributed by atoms with Gasteiger partial charge in [-0.05, 0) is 42.8 Å². The first-order valence-electron chi connectivity index (χ1n) is 5.49. The molecule has 0 heterocycles. The van der Waals surface area contributed by atoms with Crippen molar-refractivity contribution in [3.05, 3.63) is 58.6 Å². The number of aryl methyl sites for hydroxylation is 1. The molecule has 0 aliphatic rings. The first-order valence-corrected chi connectivity index (χ1v) is 6.28. The van der Waals surface area contributed by atoms with E-state index in [9.17, 15) is 0 Å². The van der Waals surface area contributed by atoms with E-state index in [1.165, 1.54) is 0 Å². The molecule has 2 aromatic rings. The summed E-state index contributed by atoms with van der Waals surface area (Å²) in [6, 6.07) is 13.4. The third-order valence-electron chi connectivity index (χ3n) is 2.54. The number of anilines is 2. The van der Waals surface area contributed by atoms with Gasteiger partial charge in [-0.25, -0.2) is 0 Å². The summed E-state index contributed by atoms with van der Waals surface area (Å²) in [6.07, 6.45) is 0. The summed E-state index contributed by atoms with van der Waals surface area (Å²) in [7, 11) is 0. The third-order valence-corrected chi connectivity index (χ3v) is 3.00. The van der Waals surface area contributed by atoms with Crippen LogP contribution in [-0.4, -0.2) is 4.99 Å². The van der Waals surface area contributed by atoms with E-state index >= 15 is 0 Å². The van der Waals surface area contributed by atoms with Gasteiger partial charge < -0.3 is 11.1 Å². The number of halogens is 1. The maximum atomic E-state index is 5.95. The Labute approximate surface area is 117 Å². The molecule has 0 fully saturated rings. The Morgan fingerprint density at radius 2 is 2.00 bits per heavy atom.